The highest BCUT2D eigenvalue weighted by molar-refractivity contribution is 6.32. The van der Waals surface area contributed by atoms with E-state index in [9.17, 15) is 15.3 Å². The molecule has 21 heavy (non-hydrogen) atoms. The number of rotatable bonds is 7. The quantitative estimate of drug-likeness (QED) is 0.236. The third-order valence-corrected chi connectivity index (χ3v) is 2.85. The van der Waals surface area contributed by atoms with Crippen molar-refractivity contribution in [2.75, 3.05) is 18.7 Å². The van der Waals surface area contributed by atoms with E-state index in [1.165, 1.54) is 11.2 Å². The van der Waals surface area contributed by atoms with Crippen LogP contribution in [0.25, 0.3) is 0 Å². The highest BCUT2D eigenvalue weighted by Gasteiger charge is 2.27. The van der Waals surface area contributed by atoms with Gasteiger partial charge in [0.1, 0.15) is 24.0 Å². The molecule has 0 unspecified atom stereocenters. The second-order valence-corrected chi connectivity index (χ2v) is 4.34. The van der Waals surface area contributed by atoms with E-state index < -0.39 is 24.9 Å². The number of nitrogens with two attached hydrogens (primary N) is 1. The van der Waals surface area contributed by atoms with Crippen LogP contribution in [0.5, 0.6) is 0 Å². The number of anilines is 1. The monoisotopic (exact) mass is 296 g/mol. The van der Waals surface area contributed by atoms with Crippen LogP contribution in [0.15, 0.2) is 40.5 Å². The molecule has 6 N–H and O–H groups in total. The summed E-state index contributed by atoms with van der Waals surface area (Å²) in [5.74, 6) is 5.14. The van der Waals surface area contributed by atoms with Crippen LogP contribution in [-0.4, -0.2) is 64.3 Å². The molecule has 0 fully saturated rings. The summed E-state index contributed by atoms with van der Waals surface area (Å²) in [7, 11) is 1.69. The lowest BCUT2D eigenvalue weighted by molar-refractivity contribution is -0.0549. The van der Waals surface area contributed by atoms with Gasteiger partial charge in [0.05, 0.1) is 18.5 Å². The largest absolute Gasteiger partial charge is 0.394 e. The molecule has 0 radical (unpaired) electrons. The van der Waals surface area contributed by atoms with E-state index >= 15 is 0 Å². The minimum atomic E-state index is -1.62. The van der Waals surface area contributed by atoms with Gasteiger partial charge in [-0.1, -0.05) is 18.2 Å². The zero-order valence-electron chi connectivity index (χ0n) is 11.6. The topological polar surface area (TPSA) is 135 Å². The second-order valence-electron chi connectivity index (χ2n) is 4.34. The summed E-state index contributed by atoms with van der Waals surface area (Å²) in [6, 6.07) is 9.21. The summed E-state index contributed by atoms with van der Waals surface area (Å²) < 4.78 is 0. The lowest BCUT2D eigenvalue weighted by Crippen LogP contribution is -2.44. The number of hydrazone groups is 2. The van der Waals surface area contributed by atoms with Crippen LogP contribution in [-0.2, 0) is 0 Å². The molecule has 116 valence electrons. The van der Waals surface area contributed by atoms with Gasteiger partial charge >= 0.3 is 0 Å². The van der Waals surface area contributed by atoms with E-state index in [1.807, 2.05) is 30.3 Å². The molecule has 0 aliphatic carbocycles. The lowest BCUT2D eigenvalue weighted by atomic mass is 10.0. The molecule has 8 heteroatoms. The van der Waals surface area contributed by atoms with Crippen LogP contribution in [0.4, 0.5) is 5.69 Å². The first-order valence-corrected chi connectivity index (χ1v) is 6.26. The van der Waals surface area contributed by atoms with Crippen molar-refractivity contribution >= 4 is 17.6 Å². The maximum absolute atomic E-state index is 9.82. The van der Waals surface area contributed by atoms with Gasteiger partial charge in [-0.3, -0.25) is 5.01 Å². The number of aliphatic hydroxyl groups excluding tert-OH is 4. The smallest absolute Gasteiger partial charge is 0.128 e. The van der Waals surface area contributed by atoms with Crippen molar-refractivity contribution in [2.24, 2.45) is 16.0 Å². The summed E-state index contributed by atoms with van der Waals surface area (Å²) in [5.41, 5.74) is 0.674. The van der Waals surface area contributed by atoms with Gasteiger partial charge in [0, 0.05) is 7.05 Å². The number of hydrogen-bond donors (Lipinski definition) is 5. The molecule has 1 aromatic carbocycles. The van der Waals surface area contributed by atoms with Crippen molar-refractivity contribution in [3.8, 4) is 0 Å². The highest BCUT2D eigenvalue weighted by Crippen LogP contribution is 2.10. The number of aliphatic hydroxyl groups is 4. The number of para-hydroxylation sites is 1. The number of benzene rings is 1. The molecule has 0 saturated carbocycles. The fourth-order valence-electron chi connectivity index (χ4n) is 1.54. The Kier molecular flexibility index (Phi) is 6.76. The molecule has 0 spiro atoms. The van der Waals surface area contributed by atoms with Gasteiger partial charge in [0.25, 0.3) is 0 Å². The first-order valence-electron chi connectivity index (χ1n) is 6.26. The van der Waals surface area contributed by atoms with Gasteiger partial charge in [-0.15, -0.1) is 0 Å². The molecular formula is C13H20N4O4. The van der Waals surface area contributed by atoms with Crippen LogP contribution in [0.3, 0.4) is 0 Å². The van der Waals surface area contributed by atoms with Gasteiger partial charge in [-0.2, -0.15) is 10.2 Å². The third-order valence-electron chi connectivity index (χ3n) is 2.85. The van der Waals surface area contributed by atoms with Gasteiger partial charge in [-0.05, 0) is 12.1 Å². The number of hydrogen-bond acceptors (Lipinski definition) is 8. The Morgan fingerprint density at radius 3 is 2.43 bits per heavy atom. The Morgan fingerprint density at radius 2 is 1.90 bits per heavy atom. The van der Waals surface area contributed by atoms with Gasteiger partial charge in [-0.25, -0.2) is 0 Å². The lowest BCUT2D eigenvalue weighted by Gasteiger charge is -2.21. The average Bonchev–Trinajstić information content (AvgIpc) is 2.54. The molecule has 0 bridgehead atoms. The van der Waals surface area contributed by atoms with Crippen molar-refractivity contribution in [1.82, 2.24) is 0 Å². The minimum absolute atomic E-state index is 0.127. The molecule has 0 saturated heterocycles. The average molecular weight is 296 g/mol. The van der Waals surface area contributed by atoms with Crippen LogP contribution in [0.1, 0.15) is 0 Å². The van der Waals surface area contributed by atoms with Crippen molar-refractivity contribution < 1.29 is 20.4 Å². The molecule has 0 aliphatic rings. The summed E-state index contributed by atoms with van der Waals surface area (Å²) in [4.78, 5) is 0. The van der Waals surface area contributed by atoms with E-state index in [1.54, 1.807) is 7.05 Å². The van der Waals surface area contributed by atoms with E-state index in [0.29, 0.717) is 0 Å². The van der Waals surface area contributed by atoms with Crippen LogP contribution in [0.2, 0.25) is 0 Å². The molecule has 0 heterocycles. The SMILES string of the molecule is CN(/N=C\C(=N/N)[C@H](O)[C@H](O)[C@H](O)CO)c1ccccc1. The normalized spacial score (nSPS) is 16.7. The summed E-state index contributed by atoms with van der Waals surface area (Å²) in [5, 5.41) is 46.3. The fourth-order valence-corrected chi connectivity index (χ4v) is 1.54. The van der Waals surface area contributed by atoms with Crippen molar-refractivity contribution in [2.45, 2.75) is 18.3 Å². The maximum atomic E-state index is 9.82. The standard InChI is InChI=1S/C13H20N4O4/c1-17(9-5-3-2-4-6-9)15-7-10(16-14)12(20)13(21)11(19)8-18/h2-7,11-13,18-21H,8,14H2,1H3/b15-7-,16-10+/t11-,12+,13-/m1/s1. The van der Waals surface area contributed by atoms with Crippen molar-refractivity contribution in [3.05, 3.63) is 30.3 Å². The van der Waals surface area contributed by atoms with Crippen LogP contribution in [0, 0.1) is 0 Å². The Morgan fingerprint density at radius 1 is 1.29 bits per heavy atom. The molecule has 0 amide bonds. The number of nitrogens with zero attached hydrogens (tertiary/aromatic N) is 3. The predicted octanol–water partition coefficient (Wildman–Crippen LogP) is -1.50. The van der Waals surface area contributed by atoms with Gasteiger partial charge in [0.15, 0.2) is 0 Å². The summed E-state index contributed by atoms with van der Waals surface area (Å²) in [6.45, 7) is -0.697. The van der Waals surface area contributed by atoms with E-state index in [4.69, 9.17) is 10.9 Å². The van der Waals surface area contributed by atoms with E-state index in [-0.39, 0.29) is 5.71 Å². The van der Waals surface area contributed by atoms with Crippen molar-refractivity contribution in [1.29, 1.82) is 0 Å². The predicted molar refractivity (Wildman–Crippen MR) is 80.1 cm³/mol. The van der Waals surface area contributed by atoms with Crippen LogP contribution >= 0.6 is 0 Å². The maximum Gasteiger partial charge on any atom is 0.128 e. The van der Waals surface area contributed by atoms with E-state index in [0.717, 1.165) is 5.69 Å². The molecule has 1 rings (SSSR count). The highest BCUT2D eigenvalue weighted by atomic mass is 16.4. The Labute approximate surface area is 122 Å². The third kappa shape index (κ3) is 4.80. The second kappa shape index (κ2) is 8.32. The van der Waals surface area contributed by atoms with E-state index in [2.05, 4.69) is 10.2 Å². The molecular weight excluding hydrogens is 276 g/mol. The van der Waals surface area contributed by atoms with Gasteiger partial charge in [0.2, 0.25) is 0 Å². The van der Waals surface area contributed by atoms with Crippen LogP contribution < -0.4 is 10.9 Å². The summed E-state index contributed by atoms with van der Waals surface area (Å²) >= 11 is 0. The zero-order valence-corrected chi connectivity index (χ0v) is 11.6. The Bertz CT molecular complexity index is 480. The molecule has 0 aromatic heterocycles. The molecule has 3 atom stereocenters. The fraction of sp³-hybridized carbons (Fsp3) is 0.385. The first kappa shape index (κ1) is 17.1. The Balaban J connectivity index is 2.76. The molecule has 8 nitrogen and oxygen atoms in total. The Hall–Kier alpha value is -2.00. The van der Waals surface area contributed by atoms with Gasteiger partial charge < -0.3 is 26.3 Å². The minimum Gasteiger partial charge on any atom is -0.394 e. The summed E-state index contributed by atoms with van der Waals surface area (Å²) in [6.07, 6.45) is -3.52. The first-order chi connectivity index (χ1) is 10.0. The molecule has 0 aliphatic heterocycles. The van der Waals surface area contributed by atoms with Crippen molar-refractivity contribution in [3.63, 3.8) is 0 Å². The zero-order chi connectivity index (χ0) is 15.8. The molecule has 1 aromatic rings.